The second kappa shape index (κ2) is 6.84. The molecule has 0 spiro atoms. The molecule has 0 radical (unpaired) electrons. The molecule has 0 aromatic carbocycles. The molecule has 0 saturated carbocycles. The molecule has 0 heterocycles. The number of nitrogens with one attached hydrogen (secondary N) is 1. The zero-order chi connectivity index (χ0) is 13.6. The van der Waals surface area contributed by atoms with Gasteiger partial charge in [-0.1, -0.05) is 13.8 Å². The van der Waals surface area contributed by atoms with Gasteiger partial charge in [-0.05, 0) is 40.8 Å². The summed E-state index contributed by atoms with van der Waals surface area (Å²) >= 11 is 0. The lowest BCUT2D eigenvalue weighted by Gasteiger charge is -2.30. The Bertz CT molecular complexity index is 231. The van der Waals surface area contributed by atoms with E-state index in [1.165, 1.54) is 0 Å². The molecular weight excluding hydrogens is 214 g/mol. The third-order valence-electron chi connectivity index (χ3n) is 2.17. The average molecular weight is 243 g/mol. The van der Waals surface area contributed by atoms with Crippen LogP contribution < -0.4 is 5.32 Å². The van der Waals surface area contributed by atoms with Gasteiger partial charge in [-0.2, -0.15) is 0 Å². The van der Waals surface area contributed by atoms with E-state index >= 15 is 0 Å². The topological polar surface area (TPSA) is 35.6 Å². The number of likely N-dealkylation sites (N-methyl/N-ethyl adjacent to an activating group) is 1. The molecule has 0 rings (SSSR count). The third kappa shape index (κ3) is 8.98. The summed E-state index contributed by atoms with van der Waals surface area (Å²) in [7, 11) is 4.05. The lowest BCUT2D eigenvalue weighted by atomic mass is 10.1. The van der Waals surface area contributed by atoms with Crippen LogP contribution in [-0.2, 0) is 0 Å². The van der Waals surface area contributed by atoms with Crippen LogP contribution in [0, 0.1) is 5.92 Å². The van der Waals surface area contributed by atoms with E-state index in [4.69, 9.17) is 0 Å². The normalized spacial score (nSPS) is 12.1. The molecular formula is C13H29N3O. The molecule has 0 aromatic heterocycles. The smallest absolute Gasteiger partial charge is 0.317 e. The van der Waals surface area contributed by atoms with Gasteiger partial charge in [0.1, 0.15) is 0 Å². The molecule has 102 valence electrons. The van der Waals surface area contributed by atoms with E-state index in [0.29, 0.717) is 5.92 Å². The Hall–Kier alpha value is -0.770. The van der Waals surface area contributed by atoms with Gasteiger partial charge in [-0.15, -0.1) is 0 Å². The van der Waals surface area contributed by atoms with Crippen LogP contribution in [0.2, 0.25) is 0 Å². The number of amides is 2. The van der Waals surface area contributed by atoms with Crippen LogP contribution in [0.25, 0.3) is 0 Å². The lowest BCUT2D eigenvalue weighted by Crippen LogP contribution is -2.50. The number of carbonyl (C=O) groups excluding carboxylic acids is 1. The van der Waals surface area contributed by atoms with Crippen molar-refractivity contribution in [2.75, 3.05) is 33.7 Å². The second-order valence-corrected chi connectivity index (χ2v) is 6.32. The van der Waals surface area contributed by atoms with E-state index in [2.05, 4.69) is 24.1 Å². The molecule has 0 aromatic rings. The van der Waals surface area contributed by atoms with E-state index in [0.717, 1.165) is 19.6 Å². The molecule has 0 aliphatic heterocycles. The number of hydrogen-bond acceptors (Lipinski definition) is 2. The Morgan fingerprint density at radius 1 is 1.18 bits per heavy atom. The number of rotatable bonds is 5. The summed E-state index contributed by atoms with van der Waals surface area (Å²) in [4.78, 5) is 16.1. The molecule has 0 atom stereocenters. The Morgan fingerprint density at radius 2 is 1.71 bits per heavy atom. The van der Waals surface area contributed by atoms with Gasteiger partial charge in [0.25, 0.3) is 0 Å². The fourth-order valence-electron chi connectivity index (χ4n) is 1.44. The maximum atomic E-state index is 12.1. The number of hydrogen-bond donors (Lipinski definition) is 1. The standard InChI is InChI=1S/C13H29N3O/c1-11(2)10-16(9-8-15(6)7)12(17)14-13(3,4)5/h11H,8-10H2,1-7H3,(H,14,17). The average Bonchev–Trinajstić information content (AvgIpc) is 2.08. The molecule has 0 aliphatic rings. The van der Waals surface area contributed by atoms with Crippen LogP contribution in [0.4, 0.5) is 4.79 Å². The molecule has 4 nitrogen and oxygen atoms in total. The quantitative estimate of drug-likeness (QED) is 0.802. The van der Waals surface area contributed by atoms with Gasteiger partial charge in [0, 0.05) is 25.2 Å². The minimum absolute atomic E-state index is 0.0352. The molecule has 1 N–H and O–H groups in total. The van der Waals surface area contributed by atoms with Crippen molar-refractivity contribution in [3.63, 3.8) is 0 Å². The van der Waals surface area contributed by atoms with E-state index in [1.54, 1.807) is 0 Å². The van der Waals surface area contributed by atoms with Gasteiger partial charge < -0.3 is 15.1 Å². The Labute approximate surface area is 106 Å². The highest BCUT2D eigenvalue weighted by atomic mass is 16.2. The van der Waals surface area contributed by atoms with Crippen LogP contribution in [0.3, 0.4) is 0 Å². The van der Waals surface area contributed by atoms with Gasteiger partial charge in [0.2, 0.25) is 0 Å². The molecule has 0 unspecified atom stereocenters. The summed E-state index contributed by atoms with van der Waals surface area (Å²) in [5.74, 6) is 0.489. The van der Waals surface area contributed by atoms with Gasteiger partial charge in [-0.25, -0.2) is 4.79 Å². The van der Waals surface area contributed by atoms with Gasteiger partial charge in [-0.3, -0.25) is 0 Å². The number of carbonyl (C=O) groups is 1. The minimum atomic E-state index is -0.176. The van der Waals surface area contributed by atoms with Crippen molar-refractivity contribution < 1.29 is 4.79 Å². The van der Waals surface area contributed by atoms with Crippen LogP contribution in [-0.4, -0.2) is 55.1 Å². The molecule has 17 heavy (non-hydrogen) atoms. The zero-order valence-corrected chi connectivity index (χ0v) is 12.5. The minimum Gasteiger partial charge on any atom is -0.333 e. The van der Waals surface area contributed by atoms with Crippen molar-refractivity contribution in [3.8, 4) is 0 Å². The van der Waals surface area contributed by atoms with Crippen molar-refractivity contribution in [2.45, 2.75) is 40.2 Å². The van der Waals surface area contributed by atoms with Gasteiger partial charge >= 0.3 is 6.03 Å². The summed E-state index contributed by atoms with van der Waals surface area (Å²) in [5.41, 5.74) is -0.176. The van der Waals surface area contributed by atoms with E-state index in [-0.39, 0.29) is 11.6 Å². The predicted octanol–water partition coefficient (Wildman–Crippen LogP) is 2.01. The predicted molar refractivity (Wildman–Crippen MR) is 73.2 cm³/mol. The SMILES string of the molecule is CC(C)CN(CCN(C)C)C(=O)NC(C)(C)C. The first-order valence-electron chi connectivity index (χ1n) is 6.33. The Balaban J connectivity index is 4.40. The largest absolute Gasteiger partial charge is 0.333 e. The van der Waals surface area contributed by atoms with Gasteiger partial charge in [0.15, 0.2) is 0 Å². The van der Waals surface area contributed by atoms with E-state index < -0.39 is 0 Å². The molecule has 2 amide bonds. The third-order valence-corrected chi connectivity index (χ3v) is 2.17. The van der Waals surface area contributed by atoms with Crippen molar-refractivity contribution in [2.24, 2.45) is 5.92 Å². The Morgan fingerprint density at radius 3 is 2.06 bits per heavy atom. The summed E-state index contributed by atoms with van der Waals surface area (Å²) in [6, 6.07) is 0.0352. The summed E-state index contributed by atoms with van der Waals surface area (Å²) in [6.07, 6.45) is 0. The molecule has 4 heteroatoms. The summed E-state index contributed by atoms with van der Waals surface area (Å²) < 4.78 is 0. The van der Waals surface area contributed by atoms with Crippen molar-refractivity contribution in [1.29, 1.82) is 0 Å². The second-order valence-electron chi connectivity index (χ2n) is 6.32. The molecule has 0 aliphatic carbocycles. The maximum absolute atomic E-state index is 12.1. The summed E-state index contributed by atoms with van der Waals surface area (Å²) in [5, 5.41) is 3.02. The van der Waals surface area contributed by atoms with Crippen molar-refractivity contribution >= 4 is 6.03 Å². The first-order valence-corrected chi connectivity index (χ1v) is 6.33. The fourth-order valence-corrected chi connectivity index (χ4v) is 1.44. The first-order chi connectivity index (χ1) is 7.61. The Kier molecular flexibility index (Phi) is 6.53. The van der Waals surface area contributed by atoms with Crippen LogP contribution in [0.15, 0.2) is 0 Å². The fraction of sp³-hybridized carbons (Fsp3) is 0.923. The van der Waals surface area contributed by atoms with Crippen LogP contribution >= 0.6 is 0 Å². The number of urea groups is 1. The summed E-state index contributed by atoms with van der Waals surface area (Å²) in [6.45, 7) is 12.7. The lowest BCUT2D eigenvalue weighted by molar-refractivity contribution is 0.176. The van der Waals surface area contributed by atoms with Crippen LogP contribution in [0.1, 0.15) is 34.6 Å². The molecule has 0 bridgehead atoms. The highest BCUT2D eigenvalue weighted by Crippen LogP contribution is 2.04. The maximum Gasteiger partial charge on any atom is 0.317 e. The molecule has 0 fully saturated rings. The first kappa shape index (κ1) is 16.2. The van der Waals surface area contributed by atoms with Crippen molar-refractivity contribution in [1.82, 2.24) is 15.1 Å². The van der Waals surface area contributed by atoms with Crippen molar-refractivity contribution in [3.05, 3.63) is 0 Å². The zero-order valence-electron chi connectivity index (χ0n) is 12.5. The molecule has 0 saturated heterocycles. The number of nitrogens with zero attached hydrogens (tertiary/aromatic N) is 2. The highest BCUT2D eigenvalue weighted by molar-refractivity contribution is 5.74. The van der Waals surface area contributed by atoms with Gasteiger partial charge in [0.05, 0.1) is 0 Å². The van der Waals surface area contributed by atoms with Crippen LogP contribution in [0.5, 0.6) is 0 Å². The highest BCUT2D eigenvalue weighted by Gasteiger charge is 2.20. The van der Waals surface area contributed by atoms with E-state index in [1.807, 2.05) is 39.8 Å². The van der Waals surface area contributed by atoms with E-state index in [9.17, 15) is 4.79 Å². The monoisotopic (exact) mass is 243 g/mol.